The summed E-state index contributed by atoms with van der Waals surface area (Å²) in [5.74, 6) is -1.69. The summed E-state index contributed by atoms with van der Waals surface area (Å²) in [6.45, 7) is 4.10. The van der Waals surface area contributed by atoms with Crippen molar-refractivity contribution < 1.29 is 37.0 Å². The van der Waals surface area contributed by atoms with E-state index in [2.05, 4.69) is 6.58 Å². The molecule has 3 rings (SSSR count). The van der Waals surface area contributed by atoms with Crippen molar-refractivity contribution in [3.8, 4) is 6.07 Å². The third kappa shape index (κ3) is 5.64. The van der Waals surface area contributed by atoms with Gasteiger partial charge in [0.05, 0.1) is 41.6 Å². The number of methoxy groups -OCH3 is 1. The second-order valence-electron chi connectivity index (χ2n) is 7.89. The molecule has 1 aliphatic heterocycles. The van der Waals surface area contributed by atoms with Crippen LogP contribution in [0.5, 0.6) is 0 Å². The van der Waals surface area contributed by atoms with Crippen molar-refractivity contribution in [2.24, 2.45) is 0 Å². The predicted octanol–water partition coefficient (Wildman–Crippen LogP) is 4.74. The van der Waals surface area contributed by atoms with Gasteiger partial charge in [0.2, 0.25) is 0 Å². The van der Waals surface area contributed by atoms with Crippen molar-refractivity contribution in [2.45, 2.75) is 19.1 Å². The molecular formula is C26H22F3N3O5. The maximum atomic E-state index is 13.7. The van der Waals surface area contributed by atoms with Crippen LogP contribution in [0.4, 0.5) is 23.7 Å². The maximum absolute atomic E-state index is 13.7. The van der Waals surface area contributed by atoms with E-state index >= 15 is 0 Å². The number of rotatable bonds is 7. The van der Waals surface area contributed by atoms with Gasteiger partial charge >= 0.3 is 24.1 Å². The van der Waals surface area contributed by atoms with E-state index in [4.69, 9.17) is 14.7 Å². The van der Waals surface area contributed by atoms with Crippen LogP contribution in [0.3, 0.4) is 0 Å². The molecule has 1 atom stereocenters. The Morgan fingerprint density at radius 2 is 1.86 bits per heavy atom. The number of alkyl halides is 3. The normalized spacial score (nSPS) is 15.8. The zero-order chi connectivity index (χ0) is 27.3. The molecule has 0 bridgehead atoms. The lowest BCUT2D eigenvalue weighted by molar-refractivity contribution is -0.143. The van der Waals surface area contributed by atoms with Crippen LogP contribution < -0.4 is 4.90 Å². The Balaban J connectivity index is 2.29. The Morgan fingerprint density at radius 3 is 2.43 bits per heavy atom. The Kier molecular flexibility index (Phi) is 8.02. The van der Waals surface area contributed by atoms with Crippen LogP contribution in [-0.2, 0) is 25.2 Å². The number of halogens is 3. The van der Waals surface area contributed by atoms with Gasteiger partial charge in [-0.25, -0.2) is 9.59 Å². The number of urea groups is 1. The SMILES string of the molecule is C=CCOC(=O)C1=C(C)N(c2cccc(C(F)(F)F)c2)C(=O)N(CC(=O)OC)[C@@H]1c1ccc(C#N)cc1. The highest BCUT2D eigenvalue weighted by molar-refractivity contribution is 6.04. The number of allylic oxidation sites excluding steroid dienone is 1. The molecule has 192 valence electrons. The van der Waals surface area contributed by atoms with Gasteiger partial charge in [0.25, 0.3) is 0 Å². The molecule has 8 nitrogen and oxygen atoms in total. The molecule has 0 N–H and O–H groups in total. The van der Waals surface area contributed by atoms with Gasteiger partial charge in [0, 0.05) is 5.70 Å². The lowest BCUT2D eigenvalue weighted by Crippen LogP contribution is -2.52. The van der Waals surface area contributed by atoms with Gasteiger partial charge in [0.1, 0.15) is 13.2 Å². The van der Waals surface area contributed by atoms with Crippen molar-refractivity contribution in [2.75, 3.05) is 25.2 Å². The third-order valence-electron chi connectivity index (χ3n) is 5.61. The van der Waals surface area contributed by atoms with Gasteiger partial charge in [0.15, 0.2) is 0 Å². The number of nitrogens with zero attached hydrogens (tertiary/aromatic N) is 3. The first-order valence-corrected chi connectivity index (χ1v) is 10.9. The Labute approximate surface area is 210 Å². The molecule has 2 aromatic carbocycles. The summed E-state index contributed by atoms with van der Waals surface area (Å²) in [6.07, 6.45) is -3.36. The summed E-state index contributed by atoms with van der Waals surface area (Å²) in [6, 6.07) is 9.92. The van der Waals surface area contributed by atoms with Crippen LogP contribution in [-0.4, -0.2) is 43.1 Å². The molecule has 1 heterocycles. The zero-order valence-electron chi connectivity index (χ0n) is 19.9. The number of ether oxygens (including phenoxy) is 2. The van der Waals surface area contributed by atoms with Gasteiger partial charge in [-0.15, -0.1) is 0 Å². The van der Waals surface area contributed by atoms with Crippen LogP contribution in [0, 0.1) is 11.3 Å². The number of anilines is 1. The molecule has 0 unspecified atom stereocenters. The molecule has 0 saturated carbocycles. The Morgan fingerprint density at radius 1 is 1.19 bits per heavy atom. The molecular weight excluding hydrogens is 491 g/mol. The summed E-state index contributed by atoms with van der Waals surface area (Å²) in [4.78, 5) is 41.2. The van der Waals surface area contributed by atoms with Crippen molar-refractivity contribution in [1.82, 2.24) is 4.90 Å². The average molecular weight is 513 g/mol. The van der Waals surface area contributed by atoms with Crippen molar-refractivity contribution >= 4 is 23.7 Å². The molecule has 1 aliphatic rings. The second-order valence-corrected chi connectivity index (χ2v) is 7.89. The minimum absolute atomic E-state index is 0.00821. The van der Waals surface area contributed by atoms with Gasteiger partial charge < -0.3 is 14.4 Å². The molecule has 0 spiro atoms. The first-order chi connectivity index (χ1) is 17.5. The van der Waals surface area contributed by atoms with Crippen molar-refractivity contribution in [3.63, 3.8) is 0 Å². The van der Waals surface area contributed by atoms with E-state index in [9.17, 15) is 27.6 Å². The molecule has 0 radical (unpaired) electrons. The number of hydrogen-bond acceptors (Lipinski definition) is 6. The summed E-state index contributed by atoms with van der Waals surface area (Å²) >= 11 is 0. The van der Waals surface area contributed by atoms with Gasteiger partial charge in [-0.2, -0.15) is 18.4 Å². The fourth-order valence-corrected chi connectivity index (χ4v) is 3.90. The molecule has 0 saturated heterocycles. The summed E-state index contributed by atoms with van der Waals surface area (Å²) in [5, 5.41) is 9.15. The van der Waals surface area contributed by atoms with Crippen LogP contribution in [0.2, 0.25) is 0 Å². The third-order valence-corrected chi connectivity index (χ3v) is 5.61. The zero-order valence-corrected chi connectivity index (χ0v) is 19.9. The Bertz CT molecular complexity index is 1300. The monoisotopic (exact) mass is 513 g/mol. The van der Waals surface area contributed by atoms with E-state index in [0.717, 1.165) is 35.1 Å². The fraction of sp³-hybridized carbons (Fsp3) is 0.231. The van der Waals surface area contributed by atoms with Crippen LogP contribution in [0.1, 0.15) is 29.7 Å². The summed E-state index contributed by atoms with van der Waals surface area (Å²) in [5.41, 5.74) is -0.576. The minimum Gasteiger partial charge on any atom is -0.468 e. The topological polar surface area (TPSA) is 99.9 Å². The molecule has 11 heteroatoms. The smallest absolute Gasteiger partial charge is 0.416 e. The molecule has 2 amide bonds. The van der Waals surface area contributed by atoms with E-state index < -0.39 is 42.3 Å². The molecule has 0 fully saturated rings. The van der Waals surface area contributed by atoms with Gasteiger partial charge in [-0.05, 0) is 42.8 Å². The van der Waals surface area contributed by atoms with Gasteiger partial charge in [-0.3, -0.25) is 9.69 Å². The number of hydrogen-bond donors (Lipinski definition) is 0. The highest BCUT2D eigenvalue weighted by atomic mass is 19.4. The van der Waals surface area contributed by atoms with Crippen LogP contribution in [0.15, 0.2) is 72.5 Å². The largest absolute Gasteiger partial charge is 0.468 e. The maximum Gasteiger partial charge on any atom is 0.416 e. The van der Waals surface area contributed by atoms with Gasteiger partial charge in [-0.1, -0.05) is 30.9 Å². The van der Waals surface area contributed by atoms with Crippen molar-refractivity contribution in [1.29, 1.82) is 5.26 Å². The molecule has 2 aromatic rings. The highest BCUT2D eigenvalue weighted by Crippen LogP contribution is 2.41. The molecule has 37 heavy (non-hydrogen) atoms. The Hall–Kier alpha value is -4.59. The van der Waals surface area contributed by atoms with E-state index in [0.29, 0.717) is 11.1 Å². The van der Waals surface area contributed by atoms with E-state index in [-0.39, 0.29) is 23.6 Å². The molecule has 0 aliphatic carbocycles. The number of nitriles is 1. The number of esters is 2. The number of carbonyl (C=O) groups excluding carboxylic acids is 3. The lowest BCUT2D eigenvalue weighted by atomic mass is 9.92. The second kappa shape index (κ2) is 11.0. The van der Waals surface area contributed by atoms with E-state index in [1.54, 1.807) is 0 Å². The standard InChI is InChI=1S/C26H22F3N3O5/c1-4-12-37-24(34)22-16(2)32(20-7-5-6-19(13-20)26(27,28)29)25(35)31(15-21(33)36-3)23(22)18-10-8-17(14-30)9-11-18/h4-11,13,23H,1,12,15H2,2-3H3/t23-/m1/s1. The predicted molar refractivity (Wildman–Crippen MR) is 126 cm³/mol. The number of carbonyl (C=O) groups is 3. The first kappa shape index (κ1) is 27.0. The number of benzene rings is 2. The summed E-state index contributed by atoms with van der Waals surface area (Å²) in [7, 11) is 1.11. The first-order valence-electron chi connectivity index (χ1n) is 10.9. The summed E-state index contributed by atoms with van der Waals surface area (Å²) < 4.78 is 50.2. The fourth-order valence-electron chi connectivity index (χ4n) is 3.90. The van der Waals surface area contributed by atoms with E-state index in [1.807, 2.05) is 6.07 Å². The van der Waals surface area contributed by atoms with Crippen LogP contribution >= 0.6 is 0 Å². The van der Waals surface area contributed by atoms with Crippen LogP contribution in [0.25, 0.3) is 0 Å². The number of amides is 2. The highest BCUT2D eigenvalue weighted by Gasteiger charge is 2.44. The molecule has 0 aromatic heterocycles. The minimum atomic E-state index is -4.69. The lowest BCUT2D eigenvalue weighted by Gasteiger charge is -2.42. The van der Waals surface area contributed by atoms with Crippen molar-refractivity contribution in [3.05, 3.63) is 89.1 Å². The van der Waals surface area contributed by atoms with E-state index in [1.165, 1.54) is 43.3 Å². The average Bonchev–Trinajstić information content (AvgIpc) is 2.88. The quantitative estimate of drug-likeness (QED) is 0.392.